The Morgan fingerprint density at radius 1 is 1.59 bits per heavy atom. The fourth-order valence-corrected chi connectivity index (χ4v) is 2.46. The molecule has 0 saturated heterocycles. The number of carbonyl (C=O) groups is 1. The predicted molar refractivity (Wildman–Crippen MR) is 75.1 cm³/mol. The van der Waals surface area contributed by atoms with E-state index in [0.717, 1.165) is 16.0 Å². The molecule has 1 fully saturated rings. The van der Waals surface area contributed by atoms with Gasteiger partial charge in [-0.15, -0.1) is 0 Å². The number of amides is 1. The average Bonchev–Trinajstić information content (AvgIpc) is 2.96. The Hall–Kier alpha value is -0.780. The van der Waals surface area contributed by atoms with Crippen LogP contribution >= 0.6 is 22.6 Å². The highest BCUT2D eigenvalue weighted by Crippen LogP contribution is 2.38. The van der Waals surface area contributed by atoms with Gasteiger partial charge in [0.2, 0.25) is 0 Å². The van der Waals surface area contributed by atoms with Gasteiger partial charge in [-0.1, -0.05) is 6.92 Å². The summed E-state index contributed by atoms with van der Waals surface area (Å²) in [6, 6.07) is 5.09. The highest BCUT2D eigenvalue weighted by Gasteiger charge is 2.34. The second-order valence-electron chi connectivity index (χ2n) is 4.82. The van der Waals surface area contributed by atoms with Gasteiger partial charge in [0.15, 0.2) is 0 Å². The van der Waals surface area contributed by atoms with Crippen LogP contribution < -0.4 is 0 Å². The molecule has 0 heterocycles. The molecule has 0 radical (unpaired) electrons. The molecule has 1 aliphatic carbocycles. The van der Waals surface area contributed by atoms with Gasteiger partial charge < -0.3 is 10.0 Å². The van der Waals surface area contributed by atoms with Gasteiger partial charge in [0, 0.05) is 17.2 Å². The van der Waals surface area contributed by atoms with Crippen molar-refractivity contribution in [1.82, 2.24) is 4.90 Å². The van der Waals surface area contributed by atoms with E-state index in [9.17, 15) is 9.90 Å². The number of benzene rings is 1. The summed E-state index contributed by atoms with van der Waals surface area (Å²) in [4.78, 5) is 13.9. The van der Waals surface area contributed by atoms with Crippen molar-refractivity contribution in [2.45, 2.75) is 13.3 Å². The van der Waals surface area contributed by atoms with Gasteiger partial charge >= 0.3 is 0 Å². The van der Waals surface area contributed by atoms with Gasteiger partial charge in [-0.3, -0.25) is 4.79 Å². The lowest BCUT2D eigenvalue weighted by atomic mass is 10.1. The Morgan fingerprint density at radius 2 is 2.24 bits per heavy atom. The molecule has 1 saturated carbocycles. The van der Waals surface area contributed by atoms with E-state index < -0.39 is 0 Å². The number of carbonyl (C=O) groups excluding carboxylic acids is 1. The Kier molecular flexibility index (Phi) is 3.61. The quantitative estimate of drug-likeness (QED) is 0.856. The molecule has 2 unspecified atom stereocenters. The van der Waals surface area contributed by atoms with Crippen LogP contribution in [0.25, 0.3) is 0 Å². The van der Waals surface area contributed by atoms with E-state index in [2.05, 4.69) is 29.5 Å². The fraction of sp³-hybridized carbons (Fsp3) is 0.462. The molecular formula is C13H16INO2. The summed E-state index contributed by atoms with van der Waals surface area (Å²) in [5, 5.41) is 9.71. The van der Waals surface area contributed by atoms with Crippen molar-refractivity contribution >= 4 is 28.5 Å². The molecule has 4 heteroatoms. The summed E-state index contributed by atoms with van der Waals surface area (Å²) >= 11 is 2.14. The number of hydrogen-bond acceptors (Lipinski definition) is 2. The van der Waals surface area contributed by atoms with Crippen LogP contribution in [0, 0.1) is 15.4 Å². The minimum atomic E-state index is -0.0971. The van der Waals surface area contributed by atoms with Crippen LogP contribution in [0.1, 0.15) is 23.7 Å². The van der Waals surface area contributed by atoms with E-state index in [0.29, 0.717) is 11.5 Å². The van der Waals surface area contributed by atoms with Gasteiger partial charge in [0.1, 0.15) is 5.75 Å². The molecule has 0 spiro atoms. The molecule has 2 rings (SSSR count). The lowest BCUT2D eigenvalue weighted by Gasteiger charge is -2.17. The van der Waals surface area contributed by atoms with Gasteiger partial charge in [-0.25, -0.2) is 0 Å². The molecule has 1 N–H and O–H groups in total. The Balaban J connectivity index is 2.10. The number of halogens is 1. The van der Waals surface area contributed by atoms with E-state index in [1.807, 2.05) is 0 Å². The number of phenols is 1. The van der Waals surface area contributed by atoms with Crippen molar-refractivity contribution in [2.24, 2.45) is 11.8 Å². The summed E-state index contributed by atoms with van der Waals surface area (Å²) in [5.41, 5.74) is 0.396. The number of nitrogens with zero attached hydrogens (tertiary/aromatic N) is 1. The maximum atomic E-state index is 12.2. The van der Waals surface area contributed by atoms with E-state index in [-0.39, 0.29) is 11.7 Å². The van der Waals surface area contributed by atoms with Gasteiger partial charge in [0.25, 0.3) is 5.91 Å². The maximum absolute atomic E-state index is 12.2. The van der Waals surface area contributed by atoms with E-state index in [4.69, 9.17) is 0 Å². The molecule has 0 aromatic heterocycles. The summed E-state index contributed by atoms with van der Waals surface area (Å²) in [5.74, 6) is 1.33. The zero-order valence-corrected chi connectivity index (χ0v) is 12.1. The largest absolute Gasteiger partial charge is 0.507 e. The zero-order chi connectivity index (χ0) is 12.6. The van der Waals surface area contributed by atoms with Crippen LogP contribution in [0.15, 0.2) is 18.2 Å². The van der Waals surface area contributed by atoms with Crippen LogP contribution in [0.5, 0.6) is 5.75 Å². The number of rotatable bonds is 3. The molecule has 1 aromatic carbocycles. The molecule has 17 heavy (non-hydrogen) atoms. The van der Waals surface area contributed by atoms with Crippen LogP contribution in [0.3, 0.4) is 0 Å². The first kappa shape index (κ1) is 12.7. The summed E-state index contributed by atoms with van der Waals surface area (Å²) in [6.07, 6.45) is 1.20. The SMILES string of the molecule is CC1CC1CN(C)C(=O)c1cc(I)ccc1O. The topological polar surface area (TPSA) is 40.5 Å². The van der Waals surface area contributed by atoms with Crippen molar-refractivity contribution in [2.75, 3.05) is 13.6 Å². The first-order valence-corrected chi connectivity index (χ1v) is 6.81. The summed E-state index contributed by atoms with van der Waals surface area (Å²) < 4.78 is 0.955. The van der Waals surface area contributed by atoms with Crippen LogP contribution in [0.4, 0.5) is 0 Å². The predicted octanol–water partition coefficient (Wildman–Crippen LogP) is 2.72. The van der Waals surface area contributed by atoms with Crippen LogP contribution in [-0.2, 0) is 0 Å². The van der Waals surface area contributed by atoms with Gasteiger partial charge in [-0.05, 0) is 59.0 Å². The lowest BCUT2D eigenvalue weighted by molar-refractivity contribution is 0.0784. The van der Waals surface area contributed by atoms with Crippen molar-refractivity contribution in [3.05, 3.63) is 27.3 Å². The number of aromatic hydroxyl groups is 1. The smallest absolute Gasteiger partial charge is 0.257 e. The molecule has 1 aliphatic rings. The standard InChI is InChI=1S/C13H16INO2/c1-8-5-9(8)7-15(2)13(17)11-6-10(14)3-4-12(11)16/h3-4,6,8-9,16H,5,7H2,1-2H3. The molecule has 1 amide bonds. The fourth-order valence-electron chi connectivity index (χ4n) is 1.97. The van der Waals surface area contributed by atoms with Crippen LogP contribution in [-0.4, -0.2) is 29.5 Å². The summed E-state index contributed by atoms with van der Waals surface area (Å²) in [7, 11) is 1.80. The second-order valence-corrected chi connectivity index (χ2v) is 6.07. The third-order valence-electron chi connectivity index (χ3n) is 3.32. The van der Waals surface area contributed by atoms with Gasteiger partial charge in [0.05, 0.1) is 5.56 Å². The van der Waals surface area contributed by atoms with Crippen molar-refractivity contribution in [3.63, 3.8) is 0 Å². The third-order valence-corrected chi connectivity index (χ3v) is 3.99. The van der Waals surface area contributed by atoms with Crippen molar-refractivity contribution in [1.29, 1.82) is 0 Å². The minimum absolute atomic E-state index is 0.0612. The molecule has 0 aliphatic heterocycles. The average molecular weight is 345 g/mol. The zero-order valence-electron chi connectivity index (χ0n) is 9.98. The van der Waals surface area contributed by atoms with Gasteiger partial charge in [-0.2, -0.15) is 0 Å². The van der Waals surface area contributed by atoms with E-state index in [1.165, 1.54) is 6.42 Å². The third kappa shape index (κ3) is 2.91. The highest BCUT2D eigenvalue weighted by atomic mass is 127. The molecule has 3 nitrogen and oxygen atoms in total. The first-order valence-electron chi connectivity index (χ1n) is 5.73. The van der Waals surface area contributed by atoms with Crippen molar-refractivity contribution < 1.29 is 9.90 Å². The number of phenolic OH excluding ortho intramolecular Hbond substituents is 1. The second kappa shape index (κ2) is 4.84. The number of hydrogen-bond donors (Lipinski definition) is 1. The summed E-state index contributed by atoms with van der Waals surface area (Å²) in [6.45, 7) is 2.98. The molecule has 2 atom stereocenters. The van der Waals surface area contributed by atoms with Crippen LogP contribution in [0.2, 0.25) is 0 Å². The maximum Gasteiger partial charge on any atom is 0.257 e. The molecule has 0 bridgehead atoms. The van der Waals surface area contributed by atoms with E-state index in [1.54, 1.807) is 30.1 Å². The van der Waals surface area contributed by atoms with Crippen molar-refractivity contribution in [3.8, 4) is 5.75 Å². The lowest BCUT2D eigenvalue weighted by Crippen LogP contribution is -2.29. The van der Waals surface area contributed by atoms with E-state index >= 15 is 0 Å². The molecule has 1 aromatic rings. The first-order chi connectivity index (χ1) is 7.99. The molecule has 92 valence electrons. The normalized spacial score (nSPS) is 22.3. The Morgan fingerprint density at radius 3 is 2.82 bits per heavy atom. The Bertz CT molecular complexity index is 447. The minimum Gasteiger partial charge on any atom is -0.507 e. The highest BCUT2D eigenvalue weighted by molar-refractivity contribution is 14.1. The Labute approximate surface area is 115 Å². The molecular weight excluding hydrogens is 329 g/mol. The monoisotopic (exact) mass is 345 g/mol.